The number of nitrogens with two attached hydrogens (primary N) is 1. The van der Waals surface area contributed by atoms with Crippen LogP contribution in [-0.4, -0.2) is 6.54 Å². The molecule has 0 fully saturated rings. The molecule has 0 aromatic heterocycles. The molecule has 0 saturated carbocycles. The van der Waals surface area contributed by atoms with Crippen molar-refractivity contribution in [2.75, 3.05) is 6.54 Å². The Morgan fingerprint density at radius 2 is 2.19 bits per heavy atom. The van der Waals surface area contributed by atoms with Crippen molar-refractivity contribution < 1.29 is 4.39 Å². The molecular formula is C12H14ClFN2. The number of benzene rings is 1. The molecule has 3 N–H and O–H groups in total. The van der Waals surface area contributed by atoms with Gasteiger partial charge in [0, 0.05) is 17.0 Å². The molecule has 86 valence electrons. The smallest absolute Gasteiger partial charge is 0.128 e. The zero-order chi connectivity index (χ0) is 11.9. The van der Waals surface area contributed by atoms with E-state index in [0.717, 1.165) is 5.56 Å². The zero-order valence-electron chi connectivity index (χ0n) is 9.27. The lowest BCUT2D eigenvalue weighted by Crippen LogP contribution is -2.27. The molecule has 0 saturated heterocycles. The van der Waals surface area contributed by atoms with Crippen LogP contribution < -0.4 is 11.1 Å². The van der Waals surface area contributed by atoms with Crippen LogP contribution >= 0.6 is 11.6 Å². The summed E-state index contributed by atoms with van der Waals surface area (Å²) in [4.78, 5) is 0. The van der Waals surface area contributed by atoms with E-state index in [1.807, 2.05) is 19.9 Å². The number of rotatable bonds is 1. The van der Waals surface area contributed by atoms with E-state index in [1.54, 1.807) is 6.07 Å². The Kier molecular flexibility index (Phi) is 2.58. The van der Waals surface area contributed by atoms with E-state index in [4.69, 9.17) is 17.3 Å². The zero-order valence-corrected chi connectivity index (χ0v) is 10.0. The molecule has 1 atom stereocenters. The second-order valence-electron chi connectivity index (χ2n) is 4.45. The van der Waals surface area contributed by atoms with Gasteiger partial charge in [-0.15, -0.1) is 0 Å². The third-order valence-corrected chi connectivity index (χ3v) is 3.40. The van der Waals surface area contributed by atoms with E-state index in [-0.39, 0.29) is 5.82 Å². The van der Waals surface area contributed by atoms with Gasteiger partial charge in [-0.3, -0.25) is 0 Å². The quantitative estimate of drug-likeness (QED) is 0.791. The first kappa shape index (κ1) is 11.3. The fourth-order valence-electron chi connectivity index (χ4n) is 2.00. The second-order valence-corrected chi connectivity index (χ2v) is 4.86. The number of halogens is 2. The lowest BCUT2D eigenvalue weighted by Gasteiger charge is -2.22. The Bertz CT molecular complexity index is 470. The highest BCUT2D eigenvalue weighted by molar-refractivity contribution is 6.31. The van der Waals surface area contributed by atoms with Crippen LogP contribution in [0.1, 0.15) is 18.1 Å². The minimum absolute atomic E-state index is 0.286. The summed E-state index contributed by atoms with van der Waals surface area (Å²) in [6.07, 6.45) is 1.85. The molecule has 1 aliphatic heterocycles. The van der Waals surface area contributed by atoms with Crippen LogP contribution in [0.25, 0.3) is 0 Å². The maximum atomic E-state index is 13.9. The molecule has 0 spiro atoms. The van der Waals surface area contributed by atoms with Gasteiger partial charge >= 0.3 is 0 Å². The highest BCUT2D eigenvalue weighted by Gasteiger charge is 2.32. The minimum Gasteiger partial charge on any atom is -0.386 e. The van der Waals surface area contributed by atoms with E-state index in [0.29, 0.717) is 23.0 Å². The van der Waals surface area contributed by atoms with Crippen LogP contribution in [0.5, 0.6) is 0 Å². The normalized spacial score (nSPS) is 24.1. The number of nitrogens with one attached hydrogen (secondary N) is 1. The van der Waals surface area contributed by atoms with Gasteiger partial charge in [-0.05, 0) is 30.2 Å². The molecule has 2 rings (SSSR count). The van der Waals surface area contributed by atoms with E-state index in [2.05, 4.69) is 5.32 Å². The maximum absolute atomic E-state index is 13.9. The third kappa shape index (κ3) is 1.76. The third-order valence-electron chi connectivity index (χ3n) is 3.00. The summed E-state index contributed by atoms with van der Waals surface area (Å²) in [6, 6.07) is 3.15. The van der Waals surface area contributed by atoms with Gasteiger partial charge in [0.2, 0.25) is 0 Å². The van der Waals surface area contributed by atoms with Gasteiger partial charge in [0.25, 0.3) is 0 Å². The fraction of sp³-hybridized carbons (Fsp3) is 0.333. The summed E-state index contributed by atoms with van der Waals surface area (Å²) in [7, 11) is 0. The summed E-state index contributed by atoms with van der Waals surface area (Å²) in [6.45, 7) is 4.42. The van der Waals surface area contributed by atoms with Crippen molar-refractivity contribution in [1.29, 1.82) is 0 Å². The van der Waals surface area contributed by atoms with Crippen LogP contribution in [0.2, 0.25) is 5.02 Å². The molecule has 2 nitrogen and oxygen atoms in total. The van der Waals surface area contributed by atoms with Crippen molar-refractivity contribution >= 4 is 11.6 Å². The van der Waals surface area contributed by atoms with Gasteiger partial charge in [0.15, 0.2) is 0 Å². The molecule has 1 heterocycles. The first-order valence-electron chi connectivity index (χ1n) is 5.11. The van der Waals surface area contributed by atoms with E-state index in [1.165, 1.54) is 6.07 Å². The van der Waals surface area contributed by atoms with E-state index < -0.39 is 5.41 Å². The predicted octanol–water partition coefficient (Wildman–Crippen LogP) is 2.45. The Hall–Kier alpha value is -1.22. The Morgan fingerprint density at radius 1 is 1.50 bits per heavy atom. The van der Waals surface area contributed by atoms with Crippen molar-refractivity contribution in [2.24, 2.45) is 5.73 Å². The lowest BCUT2D eigenvalue weighted by molar-refractivity contribution is 0.534. The molecule has 1 aromatic carbocycles. The molecule has 0 bridgehead atoms. The van der Waals surface area contributed by atoms with Crippen LogP contribution in [0.3, 0.4) is 0 Å². The Morgan fingerprint density at radius 3 is 2.75 bits per heavy atom. The number of hydrogen-bond donors (Lipinski definition) is 2. The van der Waals surface area contributed by atoms with Crippen LogP contribution in [0, 0.1) is 12.7 Å². The minimum atomic E-state index is -0.399. The maximum Gasteiger partial charge on any atom is 0.128 e. The highest BCUT2D eigenvalue weighted by atomic mass is 35.5. The van der Waals surface area contributed by atoms with Gasteiger partial charge in [0.1, 0.15) is 5.82 Å². The highest BCUT2D eigenvalue weighted by Crippen LogP contribution is 2.33. The fourth-order valence-corrected chi connectivity index (χ4v) is 2.15. The lowest BCUT2D eigenvalue weighted by atomic mass is 9.83. The summed E-state index contributed by atoms with van der Waals surface area (Å²) in [5.41, 5.74) is 6.77. The monoisotopic (exact) mass is 240 g/mol. The Labute approximate surface area is 99.3 Å². The first-order chi connectivity index (χ1) is 7.42. The molecule has 1 aromatic rings. The standard InChI is InChI=1S/C12H14ClFN2/c1-7-3-8(10(14)4-9(7)13)12(2)5-11(15)16-6-12/h3-5,16H,6,15H2,1-2H3. The van der Waals surface area contributed by atoms with Gasteiger partial charge in [0.05, 0.1) is 5.82 Å². The van der Waals surface area contributed by atoms with Crippen molar-refractivity contribution in [3.8, 4) is 0 Å². The average Bonchev–Trinajstić information content (AvgIpc) is 2.53. The molecule has 16 heavy (non-hydrogen) atoms. The molecule has 4 heteroatoms. The topological polar surface area (TPSA) is 38.0 Å². The van der Waals surface area contributed by atoms with Gasteiger partial charge in [-0.1, -0.05) is 24.6 Å². The van der Waals surface area contributed by atoms with Crippen molar-refractivity contribution in [3.63, 3.8) is 0 Å². The largest absolute Gasteiger partial charge is 0.386 e. The van der Waals surface area contributed by atoms with Crippen LogP contribution in [-0.2, 0) is 5.41 Å². The number of hydrogen-bond acceptors (Lipinski definition) is 2. The summed E-state index contributed by atoms with van der Waals surface area (Å²) in [5, 5.41) is 3.46. The van der Waals surface area contributed by atoms with Crippen LogP contribution in [0.15, 0.2) is 24.0 Å². The predicted molar refractivity (Wildman–Crippen MR) is 63.8 cm³/mol. The van der Waals surface area contributed by atoms with Gasteiger partial charge in [-0.25, -0.2) is 4.39 Å². The molecule has 0 amide bonds. The van der Waals surface area contributed by atoms with E-state index >= 15 is 0 Å². The molecule has 1 aliphatic rings. The average molecular weight is 241 g/mol. The molecular weight excluding hydrogens is 227 g/mol. The van der Waals surface area contributed by atoms with Gasteiger partial charge in [-0.2, -0.15) is 0 Å². The summed E-state index contributed by atoms with van der Waals surface area (Å²) < 4.78 is 13.9. The number of aryl methyl sites for hydroxylation is 1. The summed E-state index contributed by atoms with van der Waals surface area (Å²) >= 11 is 5.87. The molecule has 0 radical (unpaired) electrons. The van der Waals surface area contributed by atoms with Crippen LogP contribution in [0.4, 0.5) is 4.39 Å². The second kappa shape index (κ2) is 3.67. The van der Waals surface area contributed by atoms with Crippen molar-refractivity contribution in [1.82, 2.24) is 5.32 Å². The van der Waals surface area contributed by atoms with Crippen molar-refractivity contribution in [3.05, 3.63) is 46.0 Å². The van der Waals surface area contributed by atoms with Crippen molar-refractivity contribution in [2.45, 2.75) is 19.3 Å². The van der Waals surface area contributed by atoms with E-state index in [9.17, 15) is 4.39 Å². The first-order valence-corrected chi connectivity index (χ1v) is 5.48. The SMILES string of the molecule is Cc1cc(C2(C)C=C(N)NC2)c(F)cc1Cl. The summed E-state index contributed by atoms with van der Waals surface area (Å²) in [5.74, 6) is 0.306. The molecule has 0 aliphatic carbocycles. The van der Waals surface area contributed by atoms with Gasteiger partial charge < -0.3 is 11.1 Å². The Balaban J connectivity index is 2.53. The molecule has 1 unspecified atom stereocenters.